The van der Waals surface area contributed by atoms with Gasteiger partial charge in [0.25, 0.3) is 0 Å². The van der Waals surface area contributed by atoms with Gasteiger partial charge in [-0.1, -0.05) is 18.2 Å². The van der Waals surface area contributed by atoms with E-state index >= 15 is 0 Å². The minimum Gasteiger partial charge on any atom is -0.506 e. The Hall–Kier alpha value is -2.67. The van der Waals surface area contributed by atoms with Gasteiger partial charge in [0.2, 0.25) is 0 Å². The Morgan fingerprint density at radius 2 is 2.00 bits per heavy atom. The Morgan fingerprint density at radius 3 is 2.78 bits per heavy atom. The van der Waals surface area contributed by atoms with E-state index in [1.54, 1.807) is 30.3 Å². The van der Waals surface area contributed by atoms with Gasteiger partial charge in [0.05, 0.1) is 11.6 Å². The SMILES string of the molecule is N#Cc1cccc(COc2cccc(O)c2N)c1. The lowest BCUT2D eigenvalue weighted by Gasteiger charge is -2.09. The van der Waals surface area contributed by atoms with E-state index in [9.17, 15) is 5.11 Å². The molecule has 0 saturated carbocycles. The van der Waals surface area contributed by atoms with Crippen LogP contribution in [0.3, 0.4) is 0 Å². The molecule has 4 nitrogen and oxygen atoms in total. The minimum atomic E-state index is -0.00160. The van der Waals surface area contributed by atoms with Crippen LogP contribution in [0.5, 0.6) is 11.5 Å². The number of nitriles is 1. The molecule has 90 valence electrons. The summed E-state index contributed by atoms with van der Waals surface area (Å²) in [5, 5.41) is 18.2. The van der Waals surface area contributed by atoms with Crippen LogP contribution in [0.1, 0.15) is 11.1 Å². The zero-order chi connectivity index (χ0) is 13.0. The molecule has 2 rings (SSSR count). The maximum Gasteiger partial charge on any atom is 0.146 e. The van der Waals surface area contributed by atoms with Gasteiger partial charge in [-0.25, -0.2) is 0 Å². The molecule has 0 saturated heterocycles. The van der Waals surface area contributed by atoms with Crippen molar-refractivity contribution in [3.8, 4) is 17.6 Å². The van der Waals surface area contributed by atoms with Crippen LogP contribution in [0.15, 0.2) is 42.5 Å². The molecule has 0 aliphatic carbocycles. The van der Waals surface area contributed by atoms with Gasteiger partial charge in [0, 0.05) is 0 Å². The summed E-state index contributed by atoms with van der Waals surface area (Å²) in [6.07, 6.45) is 0. The molecule has 0 spiro atoms. The summed E-state index contributed by atoms with van der Waals surface area (Å²) in [5.74, 6) is 0.427. The number of anilines is 1. The number of nitrogens with zero attached hydrogens (tertiary/aromatic N) is 1. The largest absolute Gasteiger partial charge is 0.506 e. The summed E-state index contributed by atoms with van der Waals surface area (Å²) in [7, 11) is 0. The van der Waals surface area contributed by atoms with Gasteiger partial charge in [-0.2, -0.15) is 5.26 Å². The molecular weight excluding hydrogens is 228 g/mol. The van der Waals surface area contributed by atoms with Crippen LogP contribution in [0.25, 0.3) is 0 Å². The van der Waals surface area contributed by atoms with Gasteiger partial charge >= 0.3 is 0 Å². The Labute approximate surface area is 105 Å². The molecule has 2 aromatic carbocycles. The summed E-state index contributed by atoms with van der Waals surface area (Å²) in [4.78, 5) is 0. The number of rotatable bonds is 3. The number of phenolic OH excluding ortho intramolecular Hbond substituents is 1. The van der Waals surface area contributed by atoms with Crippen LogP contribution in [0.4, 0.5) is 5.69 Å². The van der Waals surface area contributed by atoms with Crippen molar-refractivity contribution in [3.05, 3.63) is 53.6 Å². The van der Waals surface area contributed by atoms with Crippen molar-refractivity contribution in [2.75, 3.05) is 5.73 Å². The first-order valence-electron chi connectivity index (χ1n) is 5.40. The van der Waals surface area contributed by atoms with Crippen molar-refractivity contribution in [3.63, 3.8) is 0 Å². The molecule has 0 atom stereocenters. The molecule has 0 amide bonds. The second kappa shape index (κ2) is 5.11. The number of nitrogen functional groups attached to an aromatic ring is 1. The van der Waals surface area contributed by atoms with E-state index in [1.165, 1.54) is 6.07 Å². The smallest absolute Gasteiger partial charge is 0.146 e. The van der Waals surface area contributed by atoms with Crippen LogP contribution in [-0.2, 0) is 6.61 Å². The zero-order valence-electron chi connectivity index (χ0n) is 9.63. The third-order valence-electron chi connectivity index (χ3n) is 2.49. The predicted molar refractivity (Wildman–Crippen MR) is 68.0 cm³/mol. The van der Waals surface area contributed by atoms with Crippen molar-refractivity contribution in [2.24, 2.45) is 0 Å². The van der Waals surface area contributed by atoms with E-state index in [0.29, 0.717) is 17.9 Å². The molecule has 0 radical (unpaired) electrons. The van der Waals surface area contributed by atoms with Crippen molar-refractivity contribution in [1.82, 2.24) is 0 Å². The van der Waals surface area contributed by atoms with Crippen molar-refractivity contribution >= 4 is 5.69 Å². The monoisotopic (exact) mass is 240 g/mol. The average Bonchev–Trinajstić information content (AvgIpc) is 2.41. The lowest BCUT2D eigenvalue weighted by molar-refractivity contribution is 0.306. The highest BCUT2D eigenvalue weighted by molar-refractivity contribution is 5.61. The number of ether oxygens (including phenoxy) is 1. The molecule has 0 aromatic heterocycles. The van der Waals surface area contributed by atoms with Crippen molar-refractivity contribution < 1.29 is 9.84 Å². The Morgan fingerprint density at radius 1 is 1.22 bits per heavy atom. The summed E-state index contributed by atoms with van der Waals surface area (Å²) in [6.45, 7) is 0.295. The third-order valence-corrected chi connectivity index (χ3v) is 2.49. The maximum absolute atomic E-state index is 9.43. The van der Waals surface area contributed by atoms with Crippen LogP contribution in [0.2, 0.25) is 0 Å². The van der Waals surface area contributed by atoms with E-state index in [1.807, 2.05) is 6.07 Å². The first-order valence-corrected chi connectivity index (χ1v) is 5.40. The molecule has 0 heterocycles. The van der Waals surface area contributed by atoms with E-state index in [4.69, 9.17) is 15.7 Å². The van der Waals surface area contributed by atoms with Crippen LogP contribution < -0.4 is 10.5 Å². The van der Waals surface area contributed by atoms with Crippen molar-refractivity contribution in [1.29, 1.82) is 5.26 Å². The van der Waals surface area contributed by atoms with Gasteiger partial charge < -0.3 is 15.6 Å². The Bertz CT molecular complexity index is 603. The second-order valence-corrected chi connectivity index (χ2v) is 3.79. The van der Waals surface area contributed by atoms with Crippen LogP contribution >= 0.6 is 0 Å². The highest BCUT2D eigenvalue weighted by atomic mass is 16.5. The fourth-order valence-electron chi connectivity index (χ4n) is 1.55. The number of hydrogen-bond acceptors (Lipinski definition) is 4. The molecule has 3 N–H and O–H groups in total. The minimum absolute atomic E-state index is 0.00160. The van der Waals surface area contributed by atoms with Crippen LogP contribution in [-0.4, -0.2) is 5.11 Å². The fraction of sp³-hybridized carbons (Fsp3) is 0.0714. The summed E-state index contributed by atoms with van der Waals surface area (Å²) in [6, 6.07) is 14.0. The quantitative estimate of drug-likeness (QED) is 0.637. The van der Waals surface area contributed by atoms with E-state index in [-0.39, 0.29) is 11.4 Å². The summed E-state index contributed by atoms with van der Waals surface area (Å²) < 4.78 is 5.51. The first-order chi connectivity index (χ1) is 8.70. The number of nitrogens with two attached hydrogens (primary N) is 1. The molecule has 18 heavy (non-hydrogen) atoms. The van der Waals surface area contributed by atoms with Gasteiger partial charge in [-0.05, 0) is 29.8 Å². The summed E-state index contributed by atoms with van der Waals surface area (Å²) >= 11 is 0. The topological polar surface area (TPSA) is 79.3 Å². The molecule has 0 aliphatic heterocycles. The third kappa shape index (κ3) is 2.53. The number of aromatic hydroxyl groups is 1. The first kappa shape index (κ1) is 11.8. The molecule has 2 aromatic rings. The highest BCUT2D eigenvalue weighted by Crippen LogP contribution is 2.30. The number of phenols is 1. The van der Waals surface area contributed by atoms with Gasteiger partial charge in [0.15, 0.2) is 0 Å². The molecule has 0 unspecified atom stereocenters. The molecule has 0 aliphatic rings. The van der Waals surface area contributed by atoms with E-state index in [2.05, 4.69) is 6.07 Å². The van der Waals surface area contributed by atoms with E-state index in [0.717, 1.165) is 5.56 Å². The van der Waals surface area contributed by atoms with Gasteiger partial charge in [-0.3, -0.25) is 0 Å². The van der Waals surface area contributed by atoms with Gasteiger partial charge in [-0.15, -0.1) is 0 Å². The van der Waals surface area contributed by atoms with Crippen LogP contribution in [0, 0.1) is 11.3 Å². The number of benzene rings is 2. The standard InChI is InChI=1S/C14H12N2O2/c15-8-10-3-1-4-11(7-10)9-18-13-6-2-5-12(17)14(13)16/h1-7,17H,9,16H2. The highest BCUT2D eigenvalue weighted by Gasteiger charge is 2.05. The second-order valence-electron chi connectivity index (χ2n) is 3.79. The fourth-order valence-corrected chi connectivity index (χ4v) is 1.55. The molecule has 0 bridgehead atoms. The lowest BCUT2D eigenvalue weighted by Crippen LogP contribution is -1.99. The lowest BCUT2D eigenvalue weighted by atomic mass is 10.1. The molecular formula is C14H12N2O2. The van der Waals surface area contributed by atoms with E-state index < -0.39 is 0 Å². The Kier molecular flexibility index (Phi) is 3.35. The molecule has 4 heteroatoms. The zero-order valence-corrected chi connectivity index (χ0v) is 9.63. The predicted octanol–water partition coefficient (Wildman–Crippen LogP) is 2.43. The maximum atomic E-state index is 9.43. The normalized spacial score (nSPS) is 9.72. The Balaban J connectivity index is 2.12. The van der Waals surface area contributed by atoms with Crippen molar-refractivity contribution in [2.45, 2.75) is 6.61 Å². The number of para-hydroxylation sites is 1. The number of hydrogen-bond donors (Lipinski definition) is 2. The molecule has 0 fully saturated rings. The summed E-state index contributed by atoms with van der Waals surface area (Å²) in [5.41, 5.74) is 7.35. The average molecular weight is 240 g/mol. The van der Waals surface area contributed by atoms with Gasteiger partial charge in [0.1, 0.15) is 23.8 Å².